The molecule has 1 aromatic heterocycles. The Balaban J connectivity index is 1.92. The smallest absolute Gasteiger partial charge is 0.337 e. The molecule has 3 aromatic rings. The van der Waals surface area contributed by atoms with E-state index in [-0.39, 0.29) is 0 Å². The van der Waals surface area contributed by atoms with Crippen LogP contribution in [0, 0.1) is 13.8 Å². The predicted molar refractivity (Wildman–Crippen MR) is 109 cm³/mol. The lowest BCUT2D eigenvalue weighted by atomic mass is 10.1. The number of hydrogen-bond donors (Lipinski definition) is 2. The van der Waals surface area contributed by atoms with Crippen molar-refractivity contribution in [3.8, 4) is 5.69 Å². The van der Waals surface area contributed by atoms with E-state index in [1.165, 1.54) is 0 Å². The van der Waals surface area contributed by atoms with Crippen LogP contribution in [0.5, 0.6) is 0 Å². The van der Waals surface area contributed by atoms with Crippen LogP contribution in [0.2, 0.25) is 10.0 Å². The monoisotopic (exact) mass is 402 g/mol. The summed E-state index contributed by atoms with van der Waals surface area (Å²) < 4.78 is 1.95. The number of nitrogens with zero attached hydrogens (tertiary/aromatic N) is 1. The molecule has 0 aliphatic carbocycles. The van der Waals surface area contributed by atoms with Gasteiger partial charge in [0, 0.05) is 45.8 Å². The maximum atomic E-state index is 11.9. The molecule has 4 nitrogen and oxygen atoms in total. The van der Waals surface area contributed by atoms with Crippen molar-refractivity contribution in [1.82, 2.24) is 9.88 Å². The quantitative estimate of drug-likeness (QED) is 0.580. The number of aromatic nitrogens is 1. The summed E-state index contributed by atoms with van der Waals surface area (Å²) in [6.07, 6.45) is 0. The second-order valence-corrected chi connectivity index (χ2v) is 7.18. The fourth-order valence-corrected chi connectivity index (χ4v) is 3.67. The van der Waals surface area contributed by atoms with Crippen molar-refractivity contribution < 1.29 is 9.90 Å². The van der Waals surface area contributed by atoms with Crippen LogP contribution < -0.4 is 5.32 Å². The normalized spacial score (nSPS) is 11.0. The van der Waals surface area contributed by atoms with E-state index in [2.05, 4.69) is 5.32 Å². The highest BCUT2D eigenvalue weighted by Gasteiger charge is 2.23. The van der Waals surface area contributed by atoms with Crippen LogP contribution in [-0.4, -0.2) is 15.6 Å². The summed E-state index contributed by atoms with van der Waals surface area (Å²) in [7, 11) is 0. The van der Waals surface area contributed by atoms with E-state index < -0.39 is 5.97 Å². The summed E-state index contributed by atoms with van der Waals surface area (Å²) in [5.74, 6) is -0.933. The van der Waals surface area contributed by atoms with Gasteiger partial charge in [0.25, 0.3) is 0 Å². The van der Waals surface area contributed by atoms with Gasteiger partial charge in [0.15, 0.2) is 0 Å². The van der Waals surface area contributed by atoms with Crippen LogP contribution in [-0.2, 0) is 13.1 Å². The van der Waals surface area contributed by atoms with Crippen LogP contribution in [0.15, 0.2) is 48.5 Å². The van der Waals surface area contributed by atoms with Gasteiger partial charge >= 0.3 is 5.97 Å². The molecule has 2 aromatic carbocycles. The zero-order valence-corrected chi connectivity index (χ0v) is 16.6. The lowest BCUT2D eigenvalue weighted by Gasteiger charge is -2.10. The van der Waals surface area contributed by atoms with E-state index in [1.807, 2.05) is 54.8 Å². The summed E-state index contributed by atoms with van der Waals surface area (Å²) in [6.45, 7) is 4.74. The van der Waals surface area contributed by atoms with E-state index in [0.29, 0.717) is 34.4 Å². The van der Waals surface area contributed by atoms with Gasteiger partial charge in [-0.1, -0.05) is 41.4 Å². The topological polar surface area (TPSA) is 54.3 Å². The first-order chi connectivity index (χ1) is 12.9. The molecule has 1 heterocycles. The van der Waals surface area contributed by atoms with Gasteiger partial charge in [-0.2, -0.15) is 0 Å². The van der Waals surface area contributed by atoms with Gasteiger partial charge in [-0.05, 0) is 49.7 Å². The fourth-order valence-electron chi connectivity index (χ4n) is 3.34. The molecule has 0 saturated heterocycles. The van der Waals surface area contributed by atoms with Crippen molar-refractivity contribution >= 4 is 29.2 Å². The molecule has 140 valence electrons. The molecule has 0 bridgehead atoms. The molecule has 0 spiro atoms. The van der Waals surface area contributed by atoms with Crippen LogP contribution in [0.4, 0.5) is 0 Å². The van der Waals surface area contributed by atoms with Crippen molar-refractivity contribution in [2.24, 2.45) is 0 Å². The van der Waals surface area contributed by atoms with E-state index >= 15 is 0 Å². The van der Waals surface area contributed by atoms with Crippen LogP contribution in [0.1, 0.15) is 32.9 Å². The molecule has 0 aliphatic rings. The second kappa shape index (κ2) is 8.17. The first kappa shape index (κ1) is 19.5. The van der Waals surface area contributed by atoms with E-state index in [1.54, 1.807) is 12.1 Å². The first-order valence-corrected chi connectivity index (χ1v) is 9.30. The van der Waals surface area contributed by atoms with Gasteiger partial charge in [0.2, 0.25) is 0 Å². The van der Waals surface area contributed by atoms with Crippen molar-refractivity contribution in [3.05, 3.63) is 86.7 Å². The average Bonchev–Trinajstić information content (AvgIpc) is 2.88. The molecule has 0 aliphatic heterocycles. The summed E-state index contributed by atoms with van der Waals surface area (Å²) >= 11 is 12.2. The van der Waals surface area contributed by atoms with Crippen LogP contribution in [0.25, 0.3) is 5.69 Å². The Kier molecular flexibility index (Phi) is 5.90. The molecular weight excluding hydrogens is 383 g/mol. The van der Waals surface area contributed by atoms with Gasteiger partial charge in [0.1, 0.15) is 0 Å². The highest BCUT2D eigenvalue weighted by molar-refractivity contribution is 6.31. The number of halogens is 2. The molecule has 6 heteroatoms. The van der Waals surface area contributed by atoms with Gasteiger partial charge in [-0.25, -0.2) is 4.79 Å². The van der Waals surface area contributed by atoms with E-state index in [9.17, 15) is 9.90 Å². The lowest BCUT2D eigenvalue weighted by Crippen LogP contribution is -2.15. The van der Waals surface area contributed by atoms with Crippen molar-refractivity contribution in [3.63, 3.8) is 0 Å². The Labute approximate surface area is 168 Å². The Morgan fingerprint density at radius 2 is 1.67 bits per heavy atom. The molecule has 0 amide bonds. The number of aromatic carboxylic acids is 1. The molecule has 2 N–H and O–H groups in total. The third-order valence-electron chi connectivity index (χ3n) is 4.64. The standard InChI is InChI=1S/C21H20Cl2N2O2/c1-13-18(12-24-11-15-5-3-4-6-19(15)23)20(21(26)27)14(2)25(13)17-9-7-16(22)8-10-17/h3-10,24H,11-12H2,1-2H3,(H,26,27). The Hall–Kier alpha value is -2.27. The summed E-state index contributed by atoms with van der Waals surface area (Å²) in [5, 5.41) is 14.4. The number of hydrogen-bond acceptors (Lipinski definition) is 2. The maximum absolute atomic E-state index is 11.9. The molecular formula is C21H20Cl2N2O2. The van der Waals surface area contributed by atoms with Crippen LogP contribution in [0.3, 0.4) is 0 Å². The summed E-state index contributed by atoms with van der Waals surface area (Å²) in [5.41, 5.74) is 4.53. The third kappa shape index (κ3) is 4.03. The Morgan fingerprint density at radius 1 is 1.00 bits per heavy atom. The third-order valence-corrected chi connectivity index (χ3v) is 5.27. The van der Waals surface area contributed by atoms with Gasteiger partial charge in [0.05, 0.1) is 5.56 Å². The number of carboxylic acids is 1. The molecule has 27 heavy (non-hydrogen) atoms. The summed E-state index contributed by atoms with van der Waals surface area (Å²) in [6, 6.07) is 15.0. The SMILES string of the molecule is Cc1c(CNCc2ccccc2Cl)c(C(=O)O)c(C)n1-c1ccc(Cl)cc1. The lowest BCUT2D eigenvalue weighted by molar-refractivity contribution is 0.0695. The largest absolute Gasteiger partial charge is 0.478 e. The van der Waals surface area contributed by atoms with E-state index in [4.69, 9.17) is 23.2 Å². The van der Waals surface area contributed by atoms with Crippen LogP contribution >= 0.6 is 23.2 Å². The number of carboxylic acid groups (broad SMARTS) is 1. The minimum atomic E-state index is -0.933. The molecule has 0 unspecified atom stereocenters. The Bertz CT molecular complexity index is 979. The van der Waals surface area contributed by atoms with Crippen molar-refractivity contribution in [2.75, 3.05) is 0 Å². The van der Waals surface area contributed by atoms with Gasteiger partial charge < -0.3 is 15.0 Å². The number of rotatable bonds is 6. The average molecular weight is 403 g/mol. The number of benzene rings is 2. The van der Waals surface area contributed by atoms with E-state index in [0.717, 1.165) is 22.5 Å². The molecule has 0 radical (unpaired) electrons. The molecule has 3 rings (SSSR count). The molecule has 0 atom stereocenters. The summed E-state index contributed by atoms with van der Waals surface area (Å²) in [4.78, 5) is 11.9. The zero-order valence-electron chi connectivity index (χ0n) is 15.1. The van der Waals surface area contributed by atoms with Gasteiger partial charge in [-0.15, -0.1) is 0 Å². The highest BCUT2D eigenvalue weighted by Crippen LogP contribution is 2.27. The number of carbonyl (C=O) groups is 1. The fraction of sp³-hybridized carbons (Fsp3) is 0.190. The van der Waals surface area contributed by atoms with Crippen molar-refractivity contribution in [2.45, 2.75) is 26.9 Å². The predicted octanol–water partition coefficient (Wildman–Crippen LogP) is 5.39. The van der Waals surface area contributed by atoms with Gasteiger partial charge in [-0.3, -0.25) is 0 Å². The minimum Gasteiger partial charge on any atom is -0.478 e. The van der Waals surface area contributed by atoms with Crippen molar-refractivity contribution in [1.29, 1.82) is 0 Å². The molecule has 0 saturated carbocycles. The highest BCUT2D eigenvalue weighted by atomic mass is 35.5. The Morgan fingerprint density at radius 3 is 2.30 bits per heavy atom. The molecule has 0 fully saturated rings. The first-order valence-electron chi connectivity index (χ1n) is 8.54. The minimum absolute atomic E-state index is 0.328. The second-order valence-electron chi connectivity index (χ2n) is 6.34. The zero-order chi connectivity index (χ0) is 19.6. The number of nitrogens with one attached hydrogen (secondary N) is 1. The maximum Gasteiger partial charge on any atom is 0.337 e.